The third kappa shape index (κ3) is 3.01. The number of carbonyl (C=O) groups is 1. The number of aliphatic hydroxyl groups is 1. The zero-order chi connectivity index (χ0) is 12.3. The minimum absolute atomic E-state index is 0.142. The highest BCUT2D eigenvalue weighted by molar-refractivity contribution is 5.94. The highest BCUT2D eigenvalue weighted by Gasteiger charge is 2.32. The Hall–Kier alpha value is -1.46. The van der Waals surface area contributed by atoms with Crippen molar-refractivity contribution in [3.63, 3.8) is 0 Å². The quantitative estimate of drug-likeness (QED) is 0.816. The van der Waals surface area contributed by atoms with E-state index in [0.29, 0.717) is 18.6 Å². The summed E-state index contributed by atoms with van der Waals surface area (Å²) in [6.45, 7) is 0.878. The van der Waals surface area contributed by atoms with Gasteiger partial charge in [0, 0.05) is 25.1 Å². The fourth-order valence-corrected chi connectivity index (χ4v) is 1.68. The monoisotopic (exact) mass is 239 g/mol. The van der Waals surface area contributed by atoms with Gasteiger partial charge in [-0.25, -0.2) is 4.39 Å². The van der Waals surface area contributed by atoms with Gasteiger partial charge in [-0.2, -0.15) is 0 Å². The Morgan fingerprint density at radius 3 is 2.76 bits per heavy atom. The first-order valence-electron chi connectivity index (χ1n) is 5.43. The molecule has 2 N–H and O–H groups in total. The van der Waals surface area contributed by atoms with Gasteiger partial charge in [0.15, 0.2) is 0 Å². The first-order valence-corrected chi connectivity index (χ1v) is 5.43. The van der Waals surface area contributed by atoms with E-state index in [4.69, 9.17) is 4.74 Å². The zero-order valence-corrected chi connectivity index (χ0v) is 9.28. The standard InChI is InChI=1S/C12H14FNO3/c13-10-3-1-9(2-4-10)11(15)14-7-12(16)5-6-17-8-12/h1-4,16H,5-8H2,(H,14,15). The van der Waals surface area contributed by atoms with Crippen LogP contribution in [0.3, 0.4) is 0 Å². The zero-order valence-electron chi connectivity index (χ0n) is 9.28. The number of hydrogen-bond acceptors (Lipinski definition) is 3. The molecule has 1 aromatic carbocycles. The lowest BCUT2D eigenvalue weighted by molar-refractivity contribution is 0.0264. The second-order valence-corrected chi connectivity index (χ2v) is 4.22. The van der Waals surface area contributed by atoms with Gasteiger partial charge < -0.3 is 15.2 Å². The first kappa shape index (κ1) is 12.0. The number of halogens is 1. The van der Waals surface area contributed by atoms with E-state index in [2.05, 4.69) is 5.32 Å². The van der Waals surface area contributed by atoms with Crippen molar-refractivity contribution >= 4 is 5.91 Å². The highest BCUT2D eigenvalue weighted by Crippen LogP contribution is 2.17. The van der Waals surface area contributed by atoms with Crippen LogP contribution < -0.4 is 5.32 Å². The van der Waals surface area contributed by atoms with Gasteiger partial charge in [-0.05, 0) is 24.3 Å². The fourth-order valence-electron chi connectivity index (χ4n) is 1.68. The molecule has 0 spiro atoms. The summed E-state index contributed by atoms with van der Waals surface area (Å²) >= 11 is 0. The summed E-state index contributed by atoms with van der Waals surface area (Å²) in [5.74, 6) is -0.713. The number of hydrogen-bond donors (Lipinski definition) is 2. The topological polar surface area (TPSA) is 58.6 Å². The average Bonchev–Trinajstić information content (AvgIpc) is 2.75. The molecule has 1 saturated heterocycles. The maximum atomic E-state index is 12.7. The summed E-state index contributed by atoms with van der Waals surface area (Å²) in [5, 5.41) is 12.5. The summed E-state index contributed by atoms with van der Waals surface area (Å²) < 4.78 is 17.7. The Bertz CT molecular complexity index is 399. The maximum Gasteiger partial charge on any atom is 0.251 e. The molecule has 1 atom stereocenters. The minimum Gasteiger partial charge on any atom is -0.386 e. The molecule has 0 bridgehead atoms. The second-order valence-electron chi connectivity index (χ2n) is 4.22. The van der Waals surface area contributed by atoms with Crippen LogP contribution in [0.2, 0.25) is 0 Å². The molecule has 0 aromatic heterocycles. The molecule has 4 nitrogen and oxygen atoms in total. The molecule has 1 aromatic rings. The van der Waals surface area contributed by atoms with E-state index in [0.717, 1.165) is 0 Å². The number of rotatable bonds is 3. The Morgan fingerprint density at radius 1 is 1.47 bits per heavy atom. The van der Waals surface area contributed by atoms with Crippen LogP contribution in [0, 0.1) is 5.82 Å². The Labute approximate surface area is 98.4 Å². The van der Waals surface area contributed by atoms with Crippen LogP contribution in [0.5, 0.6) is 0 Å². The highest BCUT2D eigenvalue weighted by atomic mass is 19.1. The van der Waals surface area contributed by atoms with Crippen LogP contribution in [0.15, 0.2) is 24.3 Å². The van der Waals surface area contributed by atoms with E-state index >= 15 is 0 Å². The predicted octanol–water partition coefficient (Wildman–Crippen LogP) is 0.707. The van der Waals surface area contributed by atoms with Gasteiger partial charge in [0.25, 0.3) is 5.91 Å². The molecular weight excluding hydrogens is 225 g/mol. The maximum absolute atomic E-state index is 12.7. The number of benzene rings is 1. The Kier molecular flexibility index (Phi) is 3.40. The van der Waals surface area contributed by atoms with Gasteiger partial charge in [-0.1, -0.05) is 0 Å². The molecular formula is C12H14FNO3. The smallest absolute Gasteiger partial charge is 0.251 e. The van der Waals surface area contributed by atoms with E-state index in [9.17, 15) is 14.3 Å². The largest absolute Gasteiger partial charge is 0.386 e. The third-order valence-electron chi connectivity index (χ3n) is 2.77. The van der Waals surface area contributed by atoms with Crippen molar-refractivity contribution < 1.29 is 19.0 Å². The molecule has 92 valence electrons. The van der Waals surface area contributed by atoms with Crippen LogP contribution in [0.4, 0.5) is 4.39 Å². The second kappa shape index (κ2) is 4.81. The third-order valence-corrected chi connectivity index (χ3v) is 2.77. The van der Waals surface area contributed by atoms with E-state index in [1.807, 2.05) is 0 Å². The van der Waals surface area contributed by atoms with Crippen molar-refractivity contribution in [2.45, 2.75) is 12.0 Å². The average molecular weight is 239 g/mol. The first-order chi connectivity index (χ1) is 8.09. The van der Waals surface area contributed by atoms with Crippen molar-refractivity contribution in [3.05, 3.63) is 35.6 Å². The summed E-state index contributed by atoms with van der Waals surface area (Å²) in [6, 6.07) is 5.25. The molecule has 1 unspecified atom stereocenters. The number of carbonyl (C=O) groups excluding carboxylic acids is 1. The van der Waals surface area contributed by atoms with Gasteiger partial charge in [0.05, 0.1) is 6.61 Å². The molecule has 1 heterocycles. The Morgan fingerprint density at radius 2 is 2.18 bits per heavy atom. The van der Waals surface area contributed by atoms with E-state index in [-0.39, 0.29) is 24.9 Å². The normalized spacial score (nSPS) is 23.6. The molecule has 5 heteroatoms. The van der Waals surface area contributed by atoms with Gasteiger partial charge in [0.2, 0.25) is 0 Å². The van der Waals surface area contributed by atoms with Crippen molar-refractivity contribution in [1.29, 1.82) is 0 Å². The van der Waals surface area contributed by atoms with Gasteiger partial charge in [0.1, 0.15) is 11.4 Å². The molecule has 17 heavy (non-hydrogen) atoms. The van der Waals surface area contributed by atoms with Gasteiger partial charge in [-0.3, -0.25) is 4.79 Å². The minimum atomic E-state index is -0.976. The van der Waals surface area contributed by atoms with Gasteiger partial charge in [-0.15, -0.1) is 0 Å². The molecule has 0 saturated carbocycles. The van der Waals surface area contributed by atoms with Crippen LogP contribution in [0.1, 0.15) is 16.8 Å². The van der Waals surface area contributed by atoms with Crippen LogP contribution in [0.25, 0.3) is 0 Å². The number of ether oxygens (including phenoxy) is 1. The molecule has 1 fully saturated rings. The molecule has 0 aliphatic carbocycles. The van der Waals surface area contributed by atoms with E-state index in [1.165, 1.54) is 24.3 Å². The number of nitrogens with one attached hydrogen (secondary N) is 1. The van der Waals surface area contributed by atoms with Crippen molar-refractivity contribution in [2.75, 3.05) is 19.8 Å². The van der Waals surface area contributed by atoms with Crippen LogP contribution in [-0.4, -0.2) is 36.4 Å². The summed E-state index contributed by atoms with van der Waals surface area (Å²) in [6.07, 6.45) is 0.511. The SMILES string of the molecule is O=C(NCC1(O)CCOC1)c1ccc(F)cc1. The van der Waals surface area contributed by atoms with Crippen molar-refractivity contribution in [2.24, 2.45) is 0 Å². The molecule has 2 rings (SSSR count). The van der Waals surface area contributed by atoms with Gasteiger partial charge >= 0.3 is 0 Å². The van der Waals surface area contributed by atoms with E-state index < -0.39 is 5.60 Å². The Balaban J connectivity index is 1.91. The lowest BCUT2D eigenvalue weighted by Crippen LogP contribution is -2.43. The lowest BCUT2D eigenvalue weighted by atomic mass is 10.0. The van der Waals surface area contributed by atoms with Crippen molar-refractivity contribution in [1.82, 2.24) is 5.32 Å². The molecule has 0 radical (unpaired) electrons. The summed E-state index contributed by atoms with van der Waals surface area (Å²) in [4.78, 5) is 11.7. The van der Waals surface area contributed by atoms with Crippen LogP contribution in [-0.2, 0) is 4.74 Å². The lowest BCUT2D eigenvalue weighted by Gasteiger charge is -2.20. The van der Waals surface area contributed by atoms with E-state index in [1.54, 1.807) is 0 Å². The summed E-state index contributed by atoms with van der Waals surface area (Å²) in [5.41, 5.74) is -0.607. The molecule has 1 aliphatic heterocycles. The number of amides is 1. The molecule has 1 amide bonds. The van der Waals surface area contributed by atoms with Crippen LogP contribution >= 0.6 is 0 Å². The fraction of sp³-hybridized carbons (Fsp3) is 0.417. The predicted molar refractivity (Wildman–Crippen MR) is 59.1 cm³/mol. The summed E-state index contributed by atoms with van der Waals surface area (Å²) in [7, 11) is 0. The molecule has 1 aliphatic rings. The van der Waals surface area contributed by atoms with Crippen molar-refractivity contribution in [3.8, 4) is 0 Å².